The first-order chi connectivity index (χ1) is 11.6. The van der Waals surface area contributed by atoms with Gasteiger partial charge >= 0.3 is 0 Å². The molecule has 0 saturated carbocycles. The molecule has 2 bridgehead atoms. The number of hydrogen-bond donors (Lipinski definition) is 1. The summed E-state index contributed by atoms with van der Waals surface area (Å²) in [4.78, 5) is 37.2. The molecule has 3 aliphatic rings. The van der Waals surface area contributed by atoms with Gasteiger partial charge in [0.05, 0.1) is 30.7 Å². The monoisotopic (exact) mass is 328 g/mol. The molecule has 1 aromatic carbocycles. The van der Waals surface area contributed by atoms with Crippen molar-refractivity contribution < 1.29 is 23.9 Å². The molecule has 7 nitrogen and oxygen atoms in total. The van der Waals surface area contributed by atoms with Crippen LogP contribution in [0.3, 0.4) is 0 Å². The number of rotatable bonds is 4. The fraction of sp³-hybridized carbons (Fsp3) is 0.353. The second-order valence-corrected chi connectivity index (χ2v) is 5.91. The molecule has 2 saturated heterocycles. The van der Waals surface area contributed by atoms with Crippen LogP contribution in [0.15, 0.2) is 36.4 Å². The fourth-order valence-corrected chi connectivity index (χ4v) is 3.45. The van der Waals surface area contributed by atoms with Crippen molar-refractivity contribution in [2.24, 2.45) is 11.8 Å². The maximum Gasteiger partial charge on any atom is 0.270 e. The number of hydrogen-bond acceptors (Lipinski definition) is 5. The summed E-state index contributed by atoms with van der Waals surface area (Å²) in [5.74, 6) is -1.76. The standard InChI is InChI=1S/C17H16N2O5/c1-2-23-10-5-3-9(4-6-10)15(20)18-19-16(21)13-11-7-8-12(24-11)14(13)17(19)22/h3-8,11-14H,2H2,1H3,(H,18,20)/t11-,12-,13-,14-/m0/s1. The molecule has 7 heteroatoms. The van der Waals surface area contributed by atoms with Crippen LogP contribution < -0.4 is 10.2 Å². The summed E-state index contributed by atoms with van der Waals surface area (Å²) in [5.41, 5.74) is 2.76. The molecule has 3 amide bonds. The molecule has 1 aromatic rings. The van der Waals surface area contributed by atoms with Gasteiger partial charge in [-0.25, -0.2) is 0 Å². The van der Waals surface area contributed by atoms with Crippen molar-refractivity contribution in [3.63, 3.8) is 0 Å². The number of imide groups is 1. The third-order valence-corrected chi connectivity index (χ3v) is 4.55. The summed E-state index contributed by atoms with van der Waals surface area (Å²) in [7, 11) is 0. The summed E-state index contributed by atoms with van der Waals surface area (Å²) in [5, 5.41) is 0.837. The predicted molar refractivity (Wildman–Crippen MR) is 81.7 cm³/mol. The Bertz CT molecular complexity index is 712. The van der Waals surface area contributed by atoms with E-state index in [-0.39, 0.29) is 12.2 Å². The Morgan fingerprint density at radius 3 is 2.25 bits per heavy atom. The quantitative estimate of drug-likeness (QED) is 0.649. The highest BCUT2D eigenvalue weighted by Crippen LogP contribution is 2.44. The number of amides is 3. The van der Waals surface area contributed by atoms with Crippen LogP contribution in [-0.4, -0.2) is 41.5 Å². The minimum absolute atomic E-state index is 0.341. The number of carbonyl (C=O) groups excluding carboxylic acids is 3. The fourth-order valence-electron chi connectivity index (χ4n) is 3.45. The van der Waals surface area contributed by atoms with E-state index in [4.69, 9.17) is 9.47 Å². The van der Waals surface area contributed by atoms with Crippen LogP contribution >= 0.6 is 0 Å². The Balaban J connectivity index is 1.48. The van der Waals surface area contributed by atoms with Gasteiger partial charge in [-0.15, -0.1) is 0 Å². The maximum atomic E-state index is 12.4. The highest BCUT2D eigenvalue weighted by Gasteiger charge is 2.61. The predicted octanol–water partition coefficient (Wildman–Crippen LogP) is 0.668. The van der Waals surface area contributed by atoms with Gasteiger partial charge in [-0.1, -0.05) is 12.2 Å². The van der Waals surface area contributed by atoms with Gasteiger partial charge in [0.15, 0.2) is 0 Å². The molecule has 0 unspecified atom stereocenters. The second kappa shape index (κ2) is 5.45. The van der Waals surface area contributed by atoms with E-state index in [1.54, 1.807) is 36.4 Å². The molecule has 0 radical (unpaired) electrons. The lowest BCUT2D eigenvalue weighted by atomic mass is 9.85. The van der Waals surface area contributed by atoms with Gasteiger partial charge in [-0.05, 0) is 31.2 Å². The molecule has 3 heterocycles. The highest BCUT2D eigenvalue weighted by atomic mass is 16.5. The Hall–Kier alpha value is -2.67. The minimum atomic E-state index is -0.534. The molecule has 124 valence electrons. The largest absolute Gasteiger partial charge is 0.494 e. The van der Waals surface area contributed by atoms with Gasteiger partial charge in [-0.3, -0.25) is 19.8 Å². The number of fused-ring (bicyclic) bond motifs is 5. The van der Waals surface area contributed by atoms with E-state index in [0.29, 0.717) is 17.9 Å². The Morgan fingerprint density at radius 2 is 1.71 bits per heavy atom. The van der Waals surface area contributed by atoms with Gasteiger partial charge in [0, 0.05) is 5.56 Å². The average molecular weight is 328 g/mol. The molecule has 0 spiro atoms. The van der Waals surface area contributed by atoms with E-state index in [2.05, 4.69) is 5.43 Å². The number of nitrogens with zero attached hydrogens (tertiary/aromatic N) is 1. The van der Waals surface area contributed by atoms with E-state index in [1.165, 1.54) is 0 Å². The molecule has 1 N–H and O–H groups in total. The van der Waals surface area contributed by atoms with Gasteiger partial charge < -0.3 is 9.47 Å². The normalized spacial score (nSPS) is 30.0. The number of hydrazine groups is 1. The van der Waals surface area contributed by atoms with Crippen molar-refractivity contribution in [2.45, 2.75) is 19.1 Å². The zero-order valence-corrected chi connectivity index (χ0v) is 13.0. The molecule has 0 aromatic heterocycles. The average Bonchev–Trinajstić information content (AvgIpc) is 3.26. The van der Waals surface area contributed by atoms with E-state index >= 15 is 0 Å². The van der Waals surface area contributed by atoms with Crippen LogP contribution in [0.25, 0.3) is 0 Å². The van der Waals surface area contributed by atoms with Crippen LogP contribution in [0.5, 0.6) is 5.75 Å². The Kier molecular flexibility index (Phi) is 3.38. The van der Waals surface area contributed by atoms with Crippen LogP contribution in [0.2, 0.25) is 0 Å². The summed E-state index contributed by atoms with van der Waals surface area (Å²) in [6.45, 7) is 2.40. The van der Waals surface area contributed by atoms with E-state index in [0.717, 1.165) is 5.01 Å². The number of nitrogens with one attached hydrogen (secondary N) is 1. The summed E-state index contributed by atoms with van der Waals surface area (Å²) in [6.07, 6.45) is 2.86. The third kappa shape index (κ3) is 2.12. The molecule has 2 fully saturated rings. The molecule has 4 rings (SSSR count). The van der Waals surface area contributed by atoms with Crippen LogP contribution in [0.4, 0.5) is 0 Å². The zero-order valence-electron chi connectivity index (χ0n) is 13.0. The van der Waals surface area contributed by atoms with E-state index in [1.807, 2.05) is 6.92 Å². The lowest BCUT2D eigenvalue weighted by Crippen LogP contribution is -2.47. The number of benzene rings is 1. The van der Waals surface area contributed by atoms with Crippen molar-refractivity contribution in [1.29, 1.82) is 0 Å². The zero-order chi connectivity index (χ0) is 16.8. The minimum Gasteiger partial charge on any atom is -0.494 e. The summed E-state index contributed by atoms with van der Waals surface area (Å²) >= 11 is 0. The van der Waals surface area contributed by atoms with Crippen molar-refractivity contribution in [1.82, 2.24) is 10.4 Å². The first-order valence-electron chi connectivity index (χ1n) is 7.85. The molecule has 24 heavy (non-hydrogen) atoms. The van der Waals surface area contributed by atoms with Crippen LogP contribution in [-0.2, 0) is 14.3 Å². The Morgan fingerprint density at radius 1 is 1.12 bits per heavy atom. The summed E-state index contributed by atoms with van der Waals surface area (Å²) < 4.78 is 10.9. The maximum absolute atomic E-state index is 12.4. The third-order valence-electron chi connectivity index (χ3n) is 4.55. The van der Waals surface area contributed by atoms with Crippen molar-refractivity contribution >= 4 is 17.7 Å². The van der Waals surface area contributed by atoms with Crippen molar-refractivity contribution in [2.75, 3.05) is 6.61 Å². The number of ether oxygens (including phenoxy) is 2. The SMILES string of the molecule is CCOc1ccc(C(=O)NN2C(=O)[C@@H]3[C@@H](C2=O)[C@@H]2C=C[C@@H]3O2)cc1. The molecule has 3 aliphatic heterocycles. The van der Waals surface area contributed by atoms with Crippen molar-refractivity contribution in [3.05, 3.63) is 42.0 Å². The first-order valence-corrected chi connectivity index (χ1v) is 7.85. The van der Waals surface area contributed by atoms with Crippen molar-refractivity contribution in [3.8, 4) is 5.75 Å². The molecular formula is C17H16N2O5. The van der Waals surface area contributed by atoms with Gasteiger partial charge in [0.1, 0.15) is 5.75 Å². The lowest BCUT2D eigenvalue weighted by Gasteiger charge is -2.18. The first kappa shape index (κ1) is 14.9. The number of carbonyl (C=O) groups is 3. The van der Waals surface area contributed by atoms with Gasteiger partial charge in [0.25, 0.3) is 17.7 Å². The van der Waals surface area contributed by atoms with Gasteiger partial charge in [-0.2, -0.15) is 5.01 Å². The molecular weight excluding hydrogens is 312 g/mol. The van der Waals surface area contributed by atoms with E-state index in [9.17, 15) is 14.4 Å². The smallest absolute Gasteiger partial charge is 0.270 e. The van der Waals surface area contributed by atoms with Gasteiger partial charge in [0.2, 0.25) is 0 Å². The highest BCUT2D eigenvalue weighted by molar-refractivity contribution is 6.09. The molecule has 4 atom stereocenters. The lowest BCUT2D eigenvalue weighted by molar-refractivity contribution is -0.145. The van der Waals surface area contributed by atoms with Crippen LogP contribution in [0, 0.1) is 11.8 Å². The second-order valence-electron chi connectivity index (χ2n) is 5.91. The Labute approximate surface area is 138 Å². The van der Waals surface area contributed by atoms with Crippen LogP contribution in [0.1, 0.15) is 17.3 Å². The molecule has 0 aliphatic carbocycles. The topological polar surface area (TPSA) is 84.9 Å². The van der Waals surface area contributed by atoms with E-state index < -0.39 is 29.6 Å². The summed E-state index contributed by atoms with van der Waals surface area (Å²) in [6, 6.07) is 6.50.